The molecule has 5 rings (SSSR count). The molecule has 21 heavy (non-hydrogen) atoms. The zero-order chi connectivity index (χ0) is 14.4. The van der Waals surface area contributed by atoms with Gasteiger partial charge in [-0.15, -0.1) is 0 Å². The van der Waals surface area contributed by atoms with Crippen LogP contribution in [0, 0.1) is 5.92 Å². The third kappa shape index (κ3) is 2.32. The minimum atomic E-state index is -0.0268. The first-order valence-electron chi connectivity index (χ1n) is 7.51. The Morgan fingerprint density at radius 3 is 2.81 bits per heavy atom. The Hall–Kier alpha value is -1.52. The third-order valence-electron chi connectivity index (χ3n) is 4.83. The normalized spacial score (nSPS) is 28.0. The van der Waals surface area contributed by atoms with E-state index in [9.17, 15) is 4.79 Å². The van der Waals surface area contributed by atoms with E-state index < -0.39 is 0 Å². The summed E-state index contributed by atoms with van der Waals surface area (Å²) in [6.07, 6.45) is 2.40. The molecule has 1 aromatic heterocycles. The highest BCUT2D eigenvalue weighted by molar-refractivity contribution is 6.35. The summed E-state index contributed by atoms with van der Waals surface area (Å²) in [5.41, 5.74) is 1.50. The third-order valence-corrected chi connectivity index (χ3v) is 5.16. The lowest BCUT2D eigenvalue weighted by Crippen LogP contribution is -2.57. The van der Waals surface area contributed by atoms with Crippen molar-refractivity contribution in [2.75, 3.05) is 19.6 Å². The first-order valence-corrected chi connectivity index (χ1v) is 7.89. The number of halogens is 1. The van der Waals surface area contributed by atoms with Gasteiger partial charge >= 0.3 is 0 Å². The van der Waals surface area contributed by atoms with Crippen LogP contribution >= 0.6 is 11.6 Å². The lowest BCUT2D eigenvalue weighted by Gasteiger charge is -2.44. The smallest absolute Gasteiger partial charge is 0.268 e. The molecular formula is C16H18ClN3O. The van der Waals surface area contributed by atoms with Gasteiger partial charge in [0.25, 0.3) is 5.91 Å². The van der Waals surface area contributed by atoms with Crippen LogP contribution in [0.15, 0.2) is 24.3 Å². The molecule has 3 aliphatic heterocycles. The average Bonchev–Trinajstić information content (AvgIpc) is 2.94. The number of nitrogens with one attached hydrogen (secondary N) is 2. The van der Waals surface area contributed by atoms with Gasteiger partial charge in [-0.25, -0.2) is 0 Å². The van der Waals surface area contributed by atoms with Crippen LogP contribution in [0.2, 0.25) is 5.02 Å². The molecule has 3 saturated heterocycles. The molecule has 2 N–H and O–H groups in total. The Morgan fingerprint density at radius 2 is 2.14 bits per heavy atom. The number of aromatic nitrogens is 1. The minimum absolute atomic E-state index is 0.0268. The minimum Gasteiger partial charge on any atom is -0.350 e. The average molecular weight is 304 g/mol. The van der Waals surface area contributed by atoms with E-state index in [1.807, 2.05) is 24.3 Å². The lowest BCUT2D eigenvalue weighted by molar-refractivity contribution is 0.0618. The molecule has 0 spiro atoms. The Bertz CT molecular complexity index is 688. The van der Waals surface area contributed by atoms with Gasteiger partial charge in [0.1, 0.15) is 5.69 Å². The highest BCUT2D eigenvalue weighted by Crippen LogP contribution is 2.28. The van der Waals surface area contributed by atoms with E-state index in [0.29, 0.717) is 16.6 Å². The summed E-state index contributed by atoms with van der Waals surface area (Å²) >= 11 is 6.16. The predicted octanol–water partition coefficient (Wildman–Crippen LogP) is 2.65. The van der Waals surface area contributed by atoms with E-state index in [0.717, 1.165) is 17.4 Å². The molecular weight excluding hydrogens is 286 g/mol. The molecule has 2 aromatic rings. The Morgan fingerprint density at radius 1 is 1.33 bits per heavy atom. The number of piperidine rings is 3. The standard InChI is InChI=1S/C16H18ClN3O/c17-12-2-1-3-13-11(12)8-14(18-13)16(21)19-15-9-20-6-4-10(15)5-7-20/h1-3,8,10,15,18H,4-7,9H2,(H,19,21). The van der Waals surface area contributed by atoms with E-state index in [2.05, 4.69) is 15.2 Å². The van der Waals surface area contributed by atoms with E-state index in [1.54, 1.807) is 0 Å². The molecule has 0 radical (unpaired) electrons. The number of carbonyl (C=O) groups is 1. The number of amides is 1. The topological polar surface area (TPSA) is 48.1 Å². The summed E-state index contributed by atoms with van der Waals surface area (Å²) in [5, 5.41) is 4.77. The maximum absolute atomic E-state index is 12.5. The van der Waals surface area contributed by atoms with Crippen molar-refractivity contribution >= 4 is 28.4 Å². The maximum Gasteiger partial charge on any atom is 0.268 e. The lowest BCUT2D eigenvalue weighted by atomic mass is 9.84. The number of H-pyrrole nitrogens is 1. The van der Waals surface area contributed by atoms with Crippen LogP contribution in [0.4, 0.5) is 0 Å². The van der Waals surface area contributed by atoms with Gasteiger partial charge < -0.3 is 15.2 Å². The van der Waals surface area contributed by atoms with Gasteiger partial charge in [-0.2, -0.15) is 0 Å². The fraction of sp³-hybridized carbons (Fsp3) is 0.438. The molecule has 1 amide bonds. The maximum atomic E-state index is 12.5. The van der Waals surface area contributed by atoms with E-state index in [4.69, 9.17) is 11.6 Å². The second-order valence-corrected chi connectivity index (χ2v) is 6.51. The number of hydrogen-bond acceptors (Lipinski definition) is 2. The van der Waals surface area contributed by atoms with Gasteiger partial charge in [0.15, 0.2) is 0 Å². The van der Waals surface area contributed by atoms with E-state index >= 15 is 0 Å². The molecule has 3 fully saturated rings. The van der Waals surface area contributed by atoms with Gasteiger partial charge in [0.05, 0.1) is 0 Å². The first kappa shape index (κ1) is 13.2. The molecule has 0 aliphatic carbocycles. The summed E-state index contributed by atoms with van der Waals surface area (Å²) in [5.74, 6) is 0.605. The fourth-order valence-electron chi connectivity index (χ4n) is 3.62. The van der Waals surface area contributed by atoms with Crippen LogP contribution in [-0.4, -0.2) is 41.5 Å². The molecule has 0 saturated carbocycles. The Labute approximate surface area is 128 Å². The second kappa shape index (κ2) is 5.04. The number of rotatable bonds is 2. The number of hydrogen-bond donors (Lipinski definition) is 2. The highest BCUT2D eigenvalue weighted by atomic mass is 35.5. The molecule has 4 heterocycles. The summed E-state index contributed by atoms with van der Waals surface area (Å²) in [6, 6.07) is 7.78. The van der Waals surface area contributed by atoms with Crippen molar-refractivity contribution < 1.29 is 4.79 Å². The van der Waals surface area contributed by atoms with Gasteiger partial charge in [0.2, 0.25) is 0 Å². The largest absolute Gasteiger partial charge is 0.350 e. The van der Waals surface area contributed by atoms with Crippen LogP contribution in [0.5, 0.6) is 0 Å². The van der Waals surface area contributed by atoms with Gasteiger partial charge in [-0.05, 0) is 50.0 Å². The van der Waals surface area contributed by atoms with Crippen LogP contribution < -0.4 is 5.32 Å². The highest BCUT2D eigenvalue weighted by Gasteiger charge is 2.35. The first-order chi connectivity index (χ1) is 10.2. The van der Waals surface area contributed by atoms with Gasteiger partial charge in [-0.3, -0.25) is 4.79 Å². The quantitative estimate of drug-likeness (QED) is 0.896. The SMILES string of the molecule is O=C(NC1CN2CCC1CC2)c1cc2c(Cl)cccc2[nH]1. The molecule has 1 unspecified atom stereocenters. The number of aromatic amines is 1. The number of fused-ring (bicyclic) bond motifs is 4. The Balaban J connectivity index is 1.55. The van der Waals surface area contributed by atoms with Crippen molar-refractivity contribution in [3.8, 4) is 0 Å². The molecule has 2 bridgehead atoms. The van der Waals surface area contributed by atoms with Crippen molar-refractivity contribution in [1.82, 2.24) is 15.2 Å². The van der Waals surface area contributed by atoms with Gasteiger partial charge in [-0.1, -0.05) is 17.7 Å². The molecule has 5 heteroatoms. The zero-order valence-electron chi connectivity index (χ0n) is 11.7. The van der Waals surface area contributed by atoms with Crippen molar-refractivity contribution in [3.05, 3.63) is 35.0 Å². The molecule has 110 valence electrons. The number of nitrogens with zero attached hydrogens (tertiary/aromatic N) is 1. The zero-order valence-corrected chi connectivity index (χ0v) is 12.5. The van der Waals surface area contributed by atoms with E-state index in [1.165, 1.54) is 25.9 Å². The number of carbonyl (C=O) groups excluding carboxylic acids is 1. The van der Waals surface area contributed by atoms with Crippen molar-refractivity contribution in [2.24, 2.45) is 5.92 Å². The summed E-state index contributed by atoms with van der Waals surface area (Å²) < 4.78 is 0. The second-order valence-electron chi connectivity index (χ2n) is 6.10. The predicted molar refractivity (Wildman–Crippen MR) is 83.7 cm³/mol. The van der Waals surface area contributed by atoms with Crippen LogP contribution in [0.3, 0.4) is 0 Å². The van der Waals surface area contributed by atoms with E-state index in [-0.39, 0.29) is 11.9 Å². The van der Waals surface area contributed by atoms with Crippen LogP contribution in [0.1, 0.15) is 23.3 Å². The van der Waals surface area contributed by atoms with Crippen molar-refractivity contribution in [3.63, 3.8) is 0 Å². The van der Waals surface area contributed by atoms with Crippen LogP contribution in [0.25, 0.3) is 10.9 Å². The molecule has 3 aliphatic rings. The summed E-state index contributed by atoms with van der Waals surface area (Å²) in [4.78, 5) is 18.1. The molecule has 1 atom stereocenters. The molecule has 4 nitrogen and oxygen atoms in total. The monoisotopic (exact) mass is 303 g/mol. The Kier molecular flexibility index (Phi) is 3.16. The number of benzene rings is 1. The van der Waals surface area contributed by atoms with Crippen LogP contribution in [-0.2, 0) is 0 Å². The molecule has 1 aromatic carbocycles. The summed E-state index contributed by atoms with van der Waals surface area (Å²) in [6.45, 7) is 3.34. The van der Waals surface area contributed by atoms with Crippen molar-refractivity contribution in [2.45, 2.75) is 18.9 Å². The fourth-order valence-corrected chi connectivity index (χ4v) is 3.84. The van der Waals surface area contributed by atoms with Gasteiger partial charge in [0, 0.05) is 28.5 Å². The van der Waals surface area contributed by atoms with Crippen molar-refractivity contribution in [1.29, 1.82) is 0 Å². The summed E-state index contributed by atoms with van der Waals surface area (Å²) in [7, 11) is 0.